The molecule has 2 unspecified atom stereocenters. The van der Waals surface area contributed by atoms with Crippen molar-refractivity contribution in [3.63, 3.8) is 0 Å². The van der Waals surface area contributed by atoms with Gasteiger partial charge in [-0.15, -0.1) is 0 Å². The Balaban J connectivity index is 2.42. The molecule has 1 aliphatic rings. The van der Waals surface area contributed by atoms with Crippen molar-refractivity contribution in [3.8, 4) is 0 Å². The summed E-state index contributed by atoms with van der Waals surface area (Å²) < 4.78 is 14.0. The second-order valence-electron chi connectivity index (χ2n) is 5.39. The minimum absolute atomic E-state index is 0.0366. The number of amides is 1. The van der Waals surface area contributed by atoms with Gasteiger partial charge in [0.1, 0.15) is 5.82 Å². The summed E-state index contributed by atoms with van der Waals surface area (Å²) in [4.78, 5) is 13.7. The van der Waals surface area contributed by atoms with Crippen LogP contribution in [0.15, 0.2) is 18.2 Å². The molecular formula is C14H18ClFN2O. The van der Waals surface area contributed by atoms with Gasteiger partial charge in [0.05, 0.1) is 6.04 Å². The van der Waals surface area contributed by atoms with Gasteiger partial charge in [0.2, 0.25) is 5.91 Å². The largest absolute Gasteiger partial charge is 0.334 e. The van der Waals surface area contributed by atoms with Crippen LogP contribution in [0.4, 0.5) is 4.39 Å². The molecule has 1 saturated heterocycles. The van der Waals surface area contributed by atoms with Crippen LogP contribution in [-0.4, -0.2) is 23.4 Å². The van der Waals surface area contributed by atoms with Gasteiger partial charge in [-0.3, -0.25) is 4.79 Å². The van der Waals surface area contributed by atoms with E-state index in [1.54, 1.807) is 17.0 Å². The van der Waals surface area contributed by atoms with Crippen molar-refractivity contribution in [2.45, 2.75) is 32.4 Å². The maximum atomic E-state index is 14.0. The topological polar surface area (TPSA) is 46.3 Å². The van der Waals surface area contributed by atoms with E-state index in [0.717, 1.165) is 0 Å². The minimum atomic E-state index is -0.469. The molecule has 0 saturated carbocycles. The van der Waals surface area contributed by atoms with E-state index < -0.39 is 17.9 Å². The fourth-order valence-corrected chi connectivity index (χ4v) is 2.86. The first kappa shape index (κ1) is 14.3. The van der Waals surface area contributed by atoms with E-state index in [1.807, 2.05) is 13.8 Å². The Hall–Kier alpha value is -1.13. The normalized spacial score (nSPS) is 23.5. The molecule has 0 radical (unpaired) electrons. The quantitative estimate of drug-likeness (QED) is 0.928. The SMILES string of the molecule is CC(C)CN1C(=O)CC(N)C1c1c(F)cccc1Cl. The van der Waals surface area contributed by atoms with Gasteiger partial charge in [-0.1, -0.05) is 31.5 Å². The van der Waals surface area contributed by atoms with Gasteiger partial charge in [0, 0.05) is 29.6 Å². The lowest BCUT2D eigenvalue weighted by atomic mass is 9.99. The standard InChI is InChI=1S/C14H18ClFN2O/c1-8(2)7-18-12(19)6-11(17)14(18)13-9(15)4-3-5-10(13)16/h3-5,8,11,14H,6-7,17H2,1-2H3. The average Bonchev–Trinajstić information content (AvgIpc) is 2.55. The molecule has 1 aromatic carbocycles. The van der Waals surface area contributed by atoms with E-state index in [2.05, 4.69) is 0 Å². The van der Waals surface area contributed by atoms with E-state index >= 15 is 0 Å². The smallest absolute Gasteiger partial charge is 0.224 e. The number of hydrogen-bond acceptors (Lipinski definition) is 2. The highest BCUT2D eigenvalue weighted by Crippen LogP contribution is 2.37. The third kappa shape index (κ3) is 2.74. The van der Waals surface area contributed by atoms with Crippen LogP contribution in [0.1, 0.15) is 31.9 Å². The minimum Gasteiger partial charge on any atom is -0.334 e. The molecule has 1 amide bonds. The highest BCUT2D eigenvalue weighted by Gasteiger charge is 2.40. The molecule has 1 aromatic rings. The maximum Gasteiger partial charge on any atom is 0.224 e. The number of nitrogens with two attached hydrogens (primary N) is 1. The van der Waals surface area contributed by atoms with Crippen LogP contribution in [0.2, 0.25) is 5.02 Å². The van der Waals surface area contributed by atoms with Gasteiger partial charge in [0.25, 0.3) is 0 Å². The highest BCUT2D eigenvalue weighted by atomic mass is 35.5. The van der Waals surface area contributed by atoms with Gasteiger partial charge in [-0.05, 0) is 18.1 Å². The molecule has 0 bridgehead atoms. The lowest BCUT2D eigenvalue weighted by Gasteiger charge is -2.29. The molecule has 19 heavy (non-hydrogen) atoms. The van der Waals surface area contributed by atoms with Crippen LogP contribution in [0.5, 0.6) is 0 Å². The van der Waals surface area contributed by atoms with Crippen LogP contribution < -0.4 is 5.73 Å². The highest BCUT2D eigenvalue weighted by molar-refractivity contribution is 6.31. The molecule has 3 nitrogen and oxygen atoms in total. The van der Waals surface area contributed by atoms with Crippen molar-refractivity contribution in [2.75, 3.05) is 6.54 Å². The summed E-state index contributed by atoms with van der Waals surface area (Å²) >= 11 is 6.09. The molecule has 1 fully saturated rings. The molecule has 104 valence electrons. The summed E-state index contributed by atoms with van der Waals surface area (Å²) in [5.41, 5.74) is 6.35. The number of carbonyl (C=O) groups excluding carboxylic acids is 1. The van der Waals surface area contributed by atoms with Crippen LogP contribution in [0, 0.1) is 11.7 Å². The fraction of sp³-hybridized carbons (Fsp3) is 0.500. The van der Waals surface area contributed by atoms with Gasteiger partial charge in [-0.2, -0.15) is 0 Å². The zero-order valence-electron chi connectivity index (χ0n) is 11.1. The van der Waals surface area contributed by atoms with Gasteiger partial charge in [-0.25, -0.2) is 4.39 Å². The van der Waals surface area contributed by atoms with Crippen LogP contribution in [0.25, 0.3) is 0 Å². The summed E-state index contributed by atoms with van der Waals surface area (Å²) in [5.74, 6) is -0.149. The van der Waals surface area contributed by atoms with Crippen LogP contribution in [0.3, 0.4) is 0 Å². The molecule has 0 aliphatic carbocycles. The molecule has 1 heterocycles. The van der Waals surface area contributed by atoms with E-state index in [1.165, 1.54) is 6.07 Å². The number of hydrogen-bond donors (Lipinski definition) is 1. The predicted octanol–water partition coefficient (Wildman–Crippen LogP) is 2.74. The number of halogens is 2. The first-order chi connectivity index (χ1) is 8.91. The third-order valence-electron chi connectivity index (χ3n) is 3.33. The Morgan fingerprint density at radius 2 is 2.21 bits per heavy atom. The average molecular weight is 285 g/mol. The lowest BCUT2D eigenvalue weighted by Crippen LogP contribution is -2.36. The first-order valence-electron chi connectivity index (χ1n) is 6.40. The van der Waals surface area contributed by atoms with Crippen molar-refractivity contribution in [2.24, 2.45) is 11.7 Å². The van der Waals surface area contributed by atoms with Crippen molar-refractivity contribution in [1.82, 2.24) is 4.90 Å². The zero-order valence-corrected chi connectivity index (χ0v) is 11.8. The van der Waals surface area contributed by atoms with Gasteiger partial charge in [0.15, 0.2) is 0 Å². The summed E-state index contributed by atoms with van der Waals surface area (Å²) in [6.07, 6.45) is 0.238. The van der Waals surface area contributed by atoms with Crippen LogP contribution >= 0.6 is 11.6 Å². The van der Waals surface area contributed by atoms with Crippen molar-refractivity contribution < 1.29 is 9.18 Å². The van der Waals surface area contributed by atoms with Gasteiger partial charge >= 0.3 is 0 Å². The Morgan fingerprint density at radius 3 is 2.79 bits per heavy atom. The summed E-state index contributed by atoms with van der Waals surface area (Å²) in [6.45, 7) is 4.58. The van der Waals surface area contributed by atoms with E-state index in [0.29, 0.717) is 23.0 Å². The monoisotopic (exact) mass is 284 g/mol. The van der Waals surface area contributed by atoms with Crippen molar-refractivity contribution >= 4 is 17.5 Å². The fourth-order valence-electron chi connectivity index (χ4n) is 2.59. The van der Waals surface area contributed by atoms with Crippen molar-refractivity contribution in [3.05, 3.63) is 34.6 Å². The first-order valence-corrected chi connectivity index (χ1v) is 6.78. The Bertz CT molecular complexity index is 472. The molecule has 1 aliphatic heterocycles. The molecular weight excluding hydrogens is 267 g/mol. The third-order valence-corrected chi connectivity index (χ3v) is 3.66. The van der Waals surface area contributed by atoms with E-state index in [4.69, 9.17) is 17.3 Å². The number of benzene rings is 1. The zero-order chi connectivity index (χ0) is 14.2. The number of rotatable bonds is 3. The Labute approximate surface area is 117 Å². The number of nitrogens with zero attached hydrogens (tertiary/aromatic N) is 1. The molecule has 2 N–H and O–H groups in total. The lowest BCUT2D eigenvalue weighted by molar-refractivity contribution is -0.129. The summed E-state index contributed by atoms with van der Waals surface area (Å²) in [5, 5.41) is 0.323. The predicted molar refractivity (Wildman–Crippen MR) is 73.3 cm³/mol. The summed E-state index contributed by atoms with van der Waals surface area (Å²) in [6, 6.07) is 3.65. The van der Waals surface area contributed by atoms with Crippen molar-refractivity contribution in [1.29, 1.82) is 0 Å². The van der Waals surface area contributed by atoms with E-state index in [-0.39, 0.29) is 12.3 Å². The number of carbonyl (C=O) groups is 1. The van der Waals surface area contributed by atoms with E-state index in [9.17, 15) is 9.18 Å². The summed E-state index contributed by atoms with van der Waals surface area (Å²) in [7, 11) is 0. The Kier molecular flexibility index (Phi) is 4.11. The second kappa shape index (κ2) is 5.47. The Morgan fingerprint density at radius 1 is 1.53 bits per heavy atom. The molecule has 5 heteroatoms. The second-order valence-corrected chi connectivity index (χ2v) is 5.80. The molecule has 2 atom stereocenters. The van der Waals surface area contributed by atoms with Gasteiger partial charge < -0.3 is 10.6 Å². The molecule has 0 aromatic heterocycles. The maximum absolute atomic E-state index is 14.0. The number of likely N-dealkylation sites (tertiary alicyclic amines) is 1. The van der Waals surface area contributed by atoms with Crippen LogP contribution in [-0.2, 0) is 4.79 Å². The molecule has 2 rings (SSSR count). The molecule has 0 spiro atoms.